The van der Waals surface area contributed by atoms with Crippen molar-refractivity contribution in [2.45, 2.75) is 155 Å². The lowest BCUT2D eigenvalue weighted by Gasteiger charge is -2.53. The van der Waals surface area contributed by atoms with Crippen LogP contribution in [0.4, 0.5) is 45.5 Å². The summed E-state index contributed by atoms with van der Waals surface area (Å²) >= 11 is 0. The molecule has 12 rings (SSSR count). The van der Waals surface area contributed by atoms with Crippen LogP contribution in [-0.4, -0.2) is 12.3 Å². The summed E-state index contributed by atoms with van der Waals surface area (Å²) in [5.74, 6) is 0. The Morgan fingerprint density at radius 3 is 1.51 bits per heavy atom. The fourth-order valence-electron chi connectivity index (χ4n) is 13.7. The molecule has 4 heteroatoms. The van der Waals surface area contributed by atoms with E-state index in [-0.39, 0.29) is 39.3 Å². The molecule has 3 nitrogen and oxygen atoms in total. The average molecular weight is 996 g/mol. The lowest BCUT2D eigenvalue weighted by atomic mass is 9.33. The van der Waals surface area contributed by atoms with Crippen LogP contribution in [-0.2, 0) is 27.1 Å². The number of rotatable bonds is 6. The molecular formula is C72H78BN3. The van der Waals surface area contributed by atoms with E-state index in [0.717, 1.165) is 29.9 Å². The van der Waals surface area contributed by atoms with E-state index in [0.29, 0.717) is 0 Å². The Morgan fingerprint density at radius 1 is 0.421 bits per heavy atom. The minimum absolute atomic E-state index is 0.0139. The van der Waals surface area contributed by atoms with Gasteiger partial charge in [-0.05, 0) is 163 Å². The Hall–Kier alpha value is -6.78. The maximum Gasteiger partial charge on any atom is 0.252 e. The summed E-state index contributed by atoms with van der Waals surface area (Å²) in [5.41, 5.74) is 25.6. The zero-order valence-corrected chi connectivity index (χ0v) is 47.9. The summed E-state index contributed by atoms with van der Waals surface area (Å²) in [6, 6.07) is 66.4. The number of benzene rings is 8. The fourth-order valence-corrected chi connectivity index (χ4v) is 13.7. The maximum absolute atomic E-state index is 2.90. The molecule has 76 heavy (non-hydrogen) atoms. The van der Waals surface area contributed by atoms with Crippen molar-refractivity contribution in [3.8, 4) is 22.3 Å². The molecule has 2 unspecified atom stereocenters. The Balaban J connectivity index is 1.24. The first-order valence-corrected chi connectivity index (χ1v) is 28.3. The van der Waals surface area contributed by atoms with Gasteiger partial charge in [0.2, 0.25) is 0 Å². The maximum atomic E-state index is 2.90. The van der Waals surface area contributed by atoms with Gasteiger partial charge in [0.15, 0.2) is 0 Å². The molecule has 0 radical (unpaired) electrons. The number of anilines is 8. The molecule has 3 aliphatic heterocycles. The second kappa shape index (κ2) is 17.4. The molecule has 4 aliphatic rings. The van der Waals surface area contributed by atoms with Gasteiger partial charge in [0.05, 0.1) is 16.9 Å². The van der Waals surface area contributed by atoms with Crippen LogP contribution < -0.4 is 31.1 Å². The first-order chi connectivity index (χ1) is 36.0. The third-order valence-electron chi connectivity index (χ3n) is 18.4. The van der Waals surface area contributed by atoms with Crippen molar-refractivity contribution < 1.29 is 0 Å². The van der Waals surface area contributed by atoms with Gasteiger partial charge in [-0.25, -0.2) is 0 Å². The van der Waals surface area contributed by atoms with Crippen LogP contribution in [0.15, 0.2) is 170 Å². The van der Waals surface area contributed by atoms with Gasteiger partial charge in [-0.15, -0.1) is 0 Å². The van der Waals surface area contributed by atoms with Crippen molar-refractivity contribution in [1.82, 2.24) is 0 Å². The van der Waals surface area contributed by atoms with E-state index in [1.165, 1.54) is 108 Å². The van der Waals surface area contributed by atoms with Crippen LogP contribution in [0.25, 0.3) is 22.3 Å². The first kappa shape index (κ1) is 50.1. The van der Waals surface area contributed by atoms with Crippen LogP contribution in [0.1, 0.15) is 150 Å². The number of hydrogen-bond acceptors (Lipinski definition) is 3. The summed E-state index contributed by atoms with van der Waals surface area (Å²) in [6.45, 7) is 33.2. The lowest BCUT2D eigenvalue weighted by Crippen LogP contribution is -2.64. The summed E-state index contributed by atoms with van der Waals surface area (Å²) < 4.78 is 0. The highest BCUT2D eigenvalue weighted by atomic mass is 15.3. The second-order valence-electron chi connectivity index (χ2n) is 27.4. The number of fused-ring (bicyclic) bond motifs is 7. The quantitative estimate of drug-likeness (QED) is 0.154. The molecule has 3 heterocycles. The SMILES string of the molecule is CC(C)(C)c1ccc(N(c2ccc(C(C)(C)C)cc2)c2cc3c4c(c2)N2c5c(cc(-c6ccccc6)cc5C5(C)CCCCC25C)B4c2ccc(C(C)(C)C)cc2N3c2ccc(C(C)(C)C)cc2-c2ccccc2)cc1. The minimum Gasteiger partial charge on any atom is -0.335 e. The summed E-state index contributed by atoms with van der Waals surface area (Å²) in [4.78, 5) is 8.16. The Bertz CT molecular complexity index is 3490. The zero-order valence-electron chi connectivity index (χ0n) is 47.9. The highest BCUT2D eigenvalue weighted by Crippen LogP contribution is 2.63. The van der Waals surface area contributed by atoms with Crippen molar-refractivity contribution >= 4 is 68.6 Å². The molecule has 8 aromatic rings. The average Bonchev–Trinajstić information content (AvgIpc) is 3.63. The largest absolute Gasteiger partial charge is 0.335 e. The van der Waals surface area contributed by atoms with E-state index in [4.69, 9.17) is 0 Å². The van der Waals surface area contributed by atoms with E-state index >= 15 is 0 Å². The van der Waals surface area contributed by atoms with Crippen LogP contribution in [0.5, 0.6) is 0 Å². The van der Waals surface area contributed by atoms with Crippen molar-refractivity contribution in [2.75, 3.05) is 14.7 Å². The topological polar surface area (TPSA) is 9.72 Å². The second-order valence-corrected chi connectivity index (χ2v) is 27.4. The molecule has 2 atom stereocenters. The molecule has 384 valence electrons. The summed E-state index contributed by atoms with van der Waals surface area (Å²) in [5, 5.41) is 0. The molecule has 1 saturated carbocycles. The smallest absolute Gasteiger partial charge is 0.252 e. The lowest BCUT2D eigenvalue weighted by molar-refractivity contribution is 0.195. The number of nitrogens with zero attached hydrogens (tertiary/aromatic N) is 3. The predicted molar refractivity (Wildman–Crippen MR) is 329 cm³/mol. The predicted octanol–water partition coefficient (Wildman–Crippen LogP) is 18.0. The monoisotopic (exact) mass is 996 g/mol. The van der Waals surface area contributed by atoms with Crippen molar-refractivity contribution in [1.29, 1.82) is 0 Å². The normalized spacial score (nSPS) is 18.7. The van der Waals surface area contributed by atoms with Gasteiger partial charge >= 0.3 is 0 Å². The fraction of sp³-hybridized carbons (Fsp3) is 0.333. The minimum atomic E-state index is -0.173. The van der Waals surface area contributed by atoms with Gasteiger partial charge in [0.25, 0.3) is 6.71 Å². The highest BCUT2D eigenvalue weighted by Gasteiger charge is 2.61. The molecule has 0 saturated heterocycles. The van der Waals surface area contributed by atoms with E-state index in [2.05, 4.69) is 281 Å². The van der Waals surface area contributed by atoms with Gasteiger partial charge in [0, 0.05) is 45.1 Å². The van der Waals surface area contributed by atoms with Gasteiger partial charge < -0.3 is 14.7 Å². The Labute approximate surface area is 456 Å². The molecule has 0 amide bonds. The van der Waals surface area contributed by atoms with Crippen LogP contribution in [0.2, 0.25) is 0 Å². The molecule has 0 N–H and O–H groups in total. The molecule has 1 aliphatic carbocycles. The van der Waals surface area contributed by atoms with Crippen molar-refractivity contribution in [2.24, 2.45) is 0 Å². The van der Waals surface area contributed by atoms with Crippen LogP contribution >= 0.6 is 0 Å². The molecular weight excluding hydrogens is 918 g/mol. The van der Waals surface area contributed by atoms with Gasteiger partial charge in [-0.2, -0.15) is 0 Å². The zero-order chi connectivity index (χ0) is 53.5. The summed E-state index contributed by atoms with van der Waals surface area (Å²) in [6.07, 6.45) is 4.71. The molecule has 0 aromatic heterocycles. The third kappa shape index (κ3) is 7.90. The summed E-state index contributed by atoms with van der Waals surface area (Å²) in [7, 11) is 0. The van der Waals surface area contributed by atoms with Gasteiger partial charge in [0.1, 0.15) is 0 Å². The van der Waals surface area contributed by atoms with E-state index in [9.17, 15) is 0 Å². The third-order valence-corrected chi connectivity index (χ3v) is 18.4. The number of hydrogen-bond donors (Lipinski definition) is 0. The molecule has 8 aromatic carbocycles. The Kier molecular flexibility index (Phi) is 11.4. The highest BCUT2D eigenvalue weighted by molar-refractivity contribution is 7.00. The Morgan fingerprint density at radius 2 is 0.934 bits per heavy atom. The van der Waals surface area contributed by atoms with Crippen LogP contribution in [0.3, 0.4) is 0 Å². The van der Waals surface area contributed by atoms with E-state index in [1.54, 1.807) is 0 Å². The van der Waals surface area contributed by atoms with Crippen LogP contribution in [0, 0.1) is 0 Å². The molecule has 0 bridgehead atoms. The van der Waals surface area contributed by atoms with Crippen molar-refractivity contribution in [3.05, 3.63) is 198 Å². The van der Waals surface area contributed by atoms with Gasteiger partial charge in [-0.3, -0.25) is 0 Å². The van der Waals surface area contributed by atoms with E-state index in [1.807, 2.05) is 0 Å². The first-order valence-electron chi connectivity index (χ1n) is 28.3. The molecule has 1 fully saturated rings. The van der Waals surface area contributed by atoms with E-state index < -0.39 is 0 Å². The standard InChI is InChI=1S/C72H78BN3/c1-67(2,3)50-27-33-54(34-28-50)74(55-35-29-51(30-36-55)68(4,5)6)56-45-63-65-64(46-56)76-66-58(71(13)39-21-22-40-72(71,76)14)41-49(47-23-17-15-18-24-47)42-60(66)73(65)59-37-31-53(70(10,11)12)44-62(59)75(63)61-38-32-52(69(7,8)9)43-57(61)48-25-19-16-20-26-48/h15-20,23-38,41-46H,21-22,39-40H2,1-14H3. The molecule has 0 spiro atoms. The van der Waals surface area contributed by atoms with Crippen molar-refractivity contribution in [3.63, 3.8) is 0 Å². The van der Waals surface area contributed by atoms with Gasteiger partial charge in [-0.1, -0.05) is 212 Å².